The van der Waals surface area contributed by atoms with Crippen molar-refractivity contribution in [2.75, 3.05) is 11.1 Å². The molecule has 0 aliphatic carbocycles. The minimum absolute atomic E-state index is 0.139. The molecule has 0 saturated heterocycles. The van der Waals surface area contributed by atoms with Gasteiger partial charge in [0.15, 0.2) is 5.82 Å². The fourth-order valence-electron chi connectivity index (χ4n) is 2.70. The molecular weight excluding hydrogens is 378 g/mol. The molecule has 2 aromatic heterocycles. The van der Waals surface area contributed by atoms with Crippen LogP contribution in [0.1, 0.15) is 44.1 Å². The highest BCUT2D eigenvalue weighted by molar-refractivity contribution is 5.91. The molecule has 0 aliphatic heterocycles. The van der Waals surface area contributed by atoms with E-state index < -0.39 is 6.43 Å². The van der Waals surface area contributed by atoms with Crippen molar-refractivity contribution in [3.63, 3.8) is 0 Å². The van der Waals surface area contributed by atoms with E-state index in [1.807, 2.05) is 20.8 Å². The van der Waals surface area contributed by atoms with Gasteiger partial charge in [-0.05, 0) is 17.2 Å². The number of nitrogens with one attached hydrogen (secondary N) is 1. The van der Waals surface area contributed by atoms with Crippen LogP contribution in [-0.4, -0.2) is 16.0 Å². The Bertz CT molecular complexity index is 1010. The number of hydrogen-bond acceptors (Lipinski definition) is 5. The van der Waals surface area contributed by atoms with Gasteiger partial charge < -0.3 is 15.6 Å². The maximum Gasteiger partial charge on any atom is 0.267 e. The second kappa shape index (κ2) is 7.98. The lowest BCUT2D eigenvalue weighted by Crippen LogP contribution is -2.14. The van der Waals surface area contributed by atoms with Gasteiger partial charge in [-0.1, -0.05) is 50.2 Å². The number of carbonyl (C=O) groups excluding carboxylic acids is 1. The number of rotatable bonds is 5. The van der Waals surface area contributed by atoms with Crippen LogP contribution in [0.15, 0.2) is 47.1 Å². The molecule has 0 saturated carbocycles. The fraction of sp³-hybridized carbons (Fsp3) is 0.286. The summed E-state index contributed by atoms with van der Waals surface area (Å²) >= 11 is 0. The van der Waals surface area contributed by atoms with Crippen LogP contribution in [0.4, 0.5) is 20.4 Å². The Kier molecular flexibility index (Phi) is 5.63. The Hall–Kier alpha value is -3.29. The van der Waals surface area contributed by atoms with Gasteiger partial charge in [0, 0.05) is 23.2 Å². The molecule has 3 aromatic rings. The molecule has 29 heavy (non-hydrogen) atoms. The number of amides is 1. The van der Waals surface area contributed by atoms with E-state index in [9.17, 15) is 13.6 Å². The first-order valence-corrected chi connectivity index (χ1v) is 9.03. The second-order valence-electron chi connectivity index (χ2n) is 7.75. The van der Waals surface area contributed by atoms with Crippen LogP contribution in [0.2, 0.25) is 0 Å². The third kappa shape index (κ3) is 4.96. The lowest BCUT2D eigenvalue weighted by molar-refractivity contribution is -0.115. The molecule has 1 amide bonds. The number of benzene rings is 1. The zero-order valence-electron chi connectivity index (χ0n) is 16.4. The number of nitrogens with two attached hydrogens (primary N) is 1. The summed E-state index contributed by atoms with van der Waals surface area (Å²) in [5.74, 6) is 0.626. The third-order valence-electron chi connectivity index (χ3n) is 4.35. The Morgan fingerprint density at radius 1 is 1.17 bits per heavy atom. The number of nitrogen functional groups attached to an aromatic ring is 1. The molecule has 8 heteroatoms. The predicted octanol–water partition coefficient (Wildman–Crippen LogP) is 4.74. The summed E-state index contributed by atoms with van der Waals surface area (Å²) in [6.07, 6.45) is -1.11. The fourth-order valence-corrected chi connectivity index (χ4v) is 2.70. The molecule has 0 spiro atoms. The zero-order valence-corrected chi connectivity index (χ0v) is 16.4. The molecule has 0 bridgehead atoms. The first-order valence-electron chi connectivity index (χ1n) is 9.03. The van der Waals surface area contributed by atoms with Crippen LogP contribution in [0.25, 0.3) is 11.1 Å². The summed E-state index contributed by atoms with van der Waals surface area (Å²) in [4.78, 5) is 16.1. The van der Waals surface area contributed by atoms with Crippen molar-refractivity contribution >= 4 is 17.5 Å². The largest absolute Gasteiger partial charge is 0.383 e. The standard InChI is InChI=1S/C21H22F2N4O2/c1-21(2,3)16-10-17(27-29-16)26-18(28)8-12-4-6-13(7-5-12)14-9-15(19(22)23)20(24)25-11-14/h4-7,9-11,19H,8H2,1-3H3,(H2,24,25)(H,26,27,28). The van der Waals surface area contributed by atoms with E-state index in [1.54, 1.807) is 30.3 Å². The smallest absolute Gasteiger partial charge is 0.267 e. The highest BCUT2D eigenvalue weighted by Gasteiger charge is 2.20. The van der Waals surface area contributed by atoms with E-state index in [2.05, 4.69) is 15.5 Å². The first kappa shape index (κ1) is 20.4. The number of halogens is 2. The molecule has 152 valence electrons. The quantitative estimate of drug-likeness (QED) is 0.645. The molecule has 0 aliphatic rings. The molecule has 0 fully saturated rings. The summed E-state index contributed by atoms with van der Waals surface area (Å²) in [5.41, 5.74) is 6.99. The number of aromatic nitrogens is 2. The minimum Gasteiger partial charge on any atom is -0.383 e. The van der Waals surface area contributed by atoms with Gasteiger partial charge in [0.2, 0.25) is 5.91 Å². The average Bonchev–Trinajstić information content (AvgIpc) is 3.11. The van der Waals surface area contributed by atoms with Crippen LogP contribution in [0.5, 0.6) is 0 Å². The van der Waals surface area contributed by atoms with Crippen LogP contribution in [-0.2, 0) is 16.6 Å². The maximum absolute atomic E-state index is 13.0. The topological polar surface area (TPSA) is 94.0 Å². The third-order valence-corrected chi connectivity index (χ3v) is 4.35. The van der Waals surface area contributed by atoms with Crippen molar-refractivity contribution in [3.05, 3.63) is 59.5 Å². The molecule has 0 unspecified atom stereocenters. The van der Waals surface area contributed by atoms with Gasteiger partial charge in [-0.15, -0.1) is 0 Å². The van der Waals surface area contributed by atoms with E-state index in [0.29, 0.717) is 22.7 Å². The van der Waals surface area contributed by atoms with Crippen molar-refractivity contribution < 1.29 is 18.1 Å². The zero-order chi connectivity index (χ0) is 21.2. The number of pyridine rings is 1. The van der Waals surface area contributed by atoms with Crippen LogP contribution < -0.4 is 11.1 Å². The summed E-state index contributed by atoms with van der Waals surface area (Å²) in [7, 11) is 0. The molecule has 2 heterocycles. The number of nitrogens with zero attached hydrogens (tertiary/aromatic N) is 2. The van der Waals surface area contributed by atoms with Gasteiger partial charge >= 0.3 is 0 Å². The van der Waals surface area contributed by atoms with Crippen molar-refractivity contribution in [1.29, 1.82) is 0 Å². The molecule has 3 N–H and O–H groups in total. The molecule has 0 radical (unpaired) electrons. The Balaban J connectivity index is 1.67. The van der Waals surface area contributed by atoms with E-state index in [1.165, 1.54) is 12.3 Å². The summed E-state index contributed by atoms with van der Waals surface area (Å²) in [6, 6.07) is 10.0. The lowest BCUT2D eigenvalue weighted by atomic mass is 9.93. The van der Waals surface area contributed by atoms with E-state index in [-0.39, 0.29) is 29.1 Å². The van der Waals surface area contributed by atoms with Gasteiger partial charge in [-0.3, -0.25) is 4.79 Å². The number of alkyl halides is 2. The van der Waals surface area contributed by atoms with Crippen LogP contribution in [0.3, 0.4) is 0 Å². The highest BCUT2D eigenvalue weighted by atomic mass is 19.3. The average molecular weight is 400 g/mol. The van der Waals surface area contributed by atoms with Gasteiger partial charge in [0.1, 0.15) is 11.6 Å². The van der Waals surface area contributed by atoms with Crippen molar-refractivity contribution in [2.24, 2.45) is 0 Å². The molecule has 1 aromatic carbocycles. The molecule has 6 nitrogen and oxygen atoms in total. The van der Waals surface area contributed by atoms with Gasteiger partial charge in [-0.25, -0.2) is 13.8 Å². The Morgan fingerprint density at radius 2 is 1.86 bits per heavy atom. The van der Waals surface area contributed by atoms with Gasteiger partial charge in [0.25, 0.3) is 6.43 Å². The predicted molar refractivity (Wildman–Crippen MR) is 107 cm³/mol. The van der Waals surface area contributed by atoms with E-state index in [0.717, 1.165) is 5.56 Å². The van der Waals surface area contributed by atoms with Gasteiger partial charge in [0.05, 0.1) is 12.0 Å². The van der Waals surface area contributed by atoms with E-state index >= 15 is 0 Å². The minimum atomic E-state index is -2.69. The SMILES string of the molecule is CC(C)(C)c1cc(NC(=O)Cc2ccc(-c3cnc(N)c(C(F)F)c3)cc2)no1. The van der Waals surface area contributed by atoms with Gasteiger partial charge in [-0.2, -0.15) is 0 Å². The molecule has 0 atom stereocenters. The Labute approximate surface area is 167 Å². The van der Waals surface area contributed by atoms with E-state index in [4.69, 9.17) is 10.3 Å². The lowest BCUT2D eigenvalue weighted by Gasteiger charge is -2.12. The van der Waals surface area contributed by atoms with Crippen LogP contribution >= 0.6 is 0 Å². The van der Waals surface area contributed by atoms with Crippen LogP contribution in [0, 0.1) is 0 Å². The van der Waals surface area contributed by atoms with Crippen molar-refractivity contribution in [3.8, 4) is 11.1 Å². The normalized spacial score (nSPS) is 11.7. The van der Waals surface area contributed by atoms with Crippen molar-refractivity contribution in [2.45, 2.75) is 39.0 Å². The highest BCUT2D eigenvalue weighted by Crippen LogP contribution is 2.29. The summed E-state index contributed by atoms with van der Waals surface area (Å²) < 4.78 is 31.2. The second-order valence-corrected chi connectivity index (χ2v) is 7.75. The Morgan fingerprint density at radius 3 is 2.45 bits per heavy atom. The first-order chi connectivity index (χ1) is 13.6. The maximum atomic E-state index is 13.0. The molecular formula is C21H22F2N4O2. The van der Waals surface area contributed by atoms with Crippen molar-refractivity contribution in [1.82, 2.24) is 10.1 Å². The molecule has 3 rings (SSSR count). The monoisotopic (exact) mass is 400 g/mol. The summed E-state index contributed by atoms with van der Waals surface area (Å²) in [6.45, 7) is 5.96. The summed E-state index contributed by atoms with van der Waals surface area (Å²) in [5, 5.41) is 6.57. The number of anilines is 2. The number of hydrogen-bond donors (Lipinski definition) is 2. The number of carbonyl (C=O) groups is 1.